The molecule has 2 aromatic carbocycles. The van der Waals surface area contributed by atoms with E-state index < -0.39 is 0 Å². The van der Waals surface area contributed by atoms with Gasteiger partial charge in [-0.1, -0.05) is 71.9 Å². The van der Waals surface area contributed by atoms with E-state index in [-0.39, 0.29) is 5.78 Å². The van der Waals surface area contributed by atoms with Crippen molar-refractivity contribution in [3.63, 3.8) is 0 Å². The van der Waals surface area contributed by atoms with Crippen molar-refractivity contribution in [2.24, 2.45) is 0 Å². The van der Waals surface area contributed by atoms with Gasteiger partial charge in [0, 0.05) is 16.0 Å². The van der Waals surface area contributed by atoms with Crippen molar-refractivity contribution in [2.75, 3.05) is 5.75 Å². The second-order valence-electron chi connectivity index (χ2n) is 6.34. The lowest BCUT2D eigenvalue weighted by Crippen LogP contribution is -2.02. The highest BCUT2D eigenvalue weighted by Crippen LogP contribution is 2.41. The zero-order valence-corrected chi connectivity index (χ0v) is 16.7. The van der Waals surface area contributed by atoms with E-state index in [0.29, 0.717) is 5.75 Å². The van der Waals surface area contributed by atoms with Crippen molar-refractivity contribution >= 4 is 39.1 Å². The summed E-state index contributed by atoms with van der Waals surface area (Å²) in [5.41, 5.74) is 4.21. The van der Waals surface area contributed by atoms with Crippen LogP contribution in [-0.2, 0) is 0 Å². The zero-order valence-electron chi connectivity index (χ0n) is 15.1. The lowest BCUT2D eigenvalue weighted by Gasteiger charge is -2.06. The van der Waals surface area contributed by atoms with Gasteiger partial charge in [0.15, 0.2) is 5.78 Å². The van der Waals surface area contributed by atoms with Gasteiger partial charge in [0.1, 0.15) is 16.2 Å². The fraction of sp³-hybridized carbons (Fsp3) is 0.136. The molecular weight excluding hydrogens is 372 g/mol. The molecular formula is C22H18N2OS2. The monoisotopic (exact) mass is 390 g/mol. The van der Waals surface area contributed by atoms with Crippen LogP contribution in [-0.4, -0.2) is 21.5 Å². The van der Waals surface area contributed by atoms with Crippen molar-refractivity contribution in [2.45, 2.75) is 18.9 Å². The molecule has 0 saturated heterocycles. The molecule has 2 heterocycles. The Hall–Kier alpha value is -2.50. The second-order valence-corrected chi connectivity index (χ2v) is 8.50. The van der Waals surface area contributed by atoms with E-state index in [0.717, 1.165) is 31.9 Å². The molecule has 0 aliphatic heterocycles. The highest BCUT2D eigenvalue weighted by atomic mass is 32.2. The maximum atomic E-state index is 12.6. The van der Waals surface area contributed by atoms with Gasteiger partial charge in [-0.25, -0.2) is 9.97 Å². The minimum Gasteiger partial charge on any atom is -0.293 e. The highest BCUT2D eigenvalue weighted by molar-refractivity contribution is 8.00. The summed E-state index contributed by atoms with van der Waals surface area (Å²) in [6.07, 6.45) is 1.59. The zero-order chi connectivity index (χ0) is 18.8. The number of hydrogen-bond acceptors (Lipinski definition) is 5. The minimum absolute atomic E-state index is 0.111. The lowest BCUT2D eigenvalue weighted by molar-refractivity contribution is 0.102. The summed E-state index contributed by atoms with van der Waals surface area (Å²) >= 11 is 3.16. The predicted molar refractivity (Wildman–Crippen MR) is 114 cm³/mol. The van der Waals surface area contributed by atoms with Crippen LogP contribution in [0.25, 0.3) is 21.3 Å². The SMILES string of the molecule is Cc1ccc(C(=O)CSc2ncnc3sc(C)c(-c4ccccc4)c23)cc1. The van der Waals surface area contributed by atoms with Gasteiger partial charge in [0.2, 0.25) is 0 Å². The van der Waals surface area contributed by atoms with Gasteiger partial charge in [0.25, 0.3) is 0 Å². The Morgan fingerprint density at radius 1 is 1.00 bits per heavy atom. The van der Waals surface area contributed by atoms with Gasteiger partial charge in [-0.05, 0) is 19.4 Å². The Kier molecular flexibility index (Phi) is 5.05. The average molecular weight is 391 g/mol. The van der Waals surface area contributed by atoms with E-state index in [2.05, 4.69) is 29.0 Å². The number of aryl methyl sites for hydroxylation is 2. The van der Waals surface area contributed by atoms with Gasteiger partial charge in [0.05, 0.1) is 11.1 Å². The molecule has 134 valence electrons. The first-order valence-electron chi connectivity index (χ1n) is 8.65. The van der Waals surface area contributed by atoms with Crippen LogP contribution < -0.4 is 0 Å². The normalized spacial score (nSPS) is 11.0. The van der Waals surface area contributed by atoms with Gasteiger partial charge in [-0.3, -0.25) is 4.79 Å². The molecule has 27 heavy (non-hydrogen) atoms. The molecule has 4 aromatic rings. The summed E-state index contributed by atoms with van der Waals surface area (Å²) in [5.74, 6) is 0.471. The topological polar surface area (TPSA) is 42.9 Å². The molecule has 0 unspecified atom stereocenters. The third-order valence-corrected chi connectivity index (χ3v) is 6.41. The van der Waals surface area contributed by atoms with Crippen LogP contribution in [0.15, 0.2) is 66.0 Å². The molecule has 2 aromatic heterocycles. The van der Waals surface area contributed by atoms with Crippen LogP contribution in [0.2, 0.25) is 0 Å². The number of benzene rings is 2. The predicted octanol–water partition coefficient (Wildman–Crippen LogP) is 5.95. The number of thioether (sulfide) groups is 1. The summed E-state index contributed by atoms with van der Waals surface area (Å²) in [5, 5.41) is 1.91. The molecule has 0 aliphatic rings. The van der Waals surface area contributed by atoms with Crippen molar-refractivity contribution in [3.8, 4) is 11.1 Å². The van der Waals surface area contributed by atoms with E-state index in [4.69, 9.17) is 0 Å². The summed E-state index contributed by atoms with van der Waals surface area (Å²) in [4.78, 5) is 23.7. The number of carbonyl (C=O) groups excluding carboxylic acids is 1. The van der Waals surface area contributed by atoms with Gasteiger partial charge >= 0.3 is 0 Å². The number of Topliss-reactive ketones (excluding diaryl/α,β-unsaturated/α-hetero) is 1. The van der Waals surface area contributed by atoms with Crippen LogP contribution in [0.4, 0.5) is 0 Å². The van der Waals surface area contributed by atoms with Crippen LogP contribution in [0.1, 0.15) is 20.8 Å². The van der Waals surface area contributed by atoms with Crippen LogP contribution >= 0.6 is 23.1 Å². The second kappa shape index (κ2) is 7.62. The molecule has 0 bridgehead atoms. The molecule has 4 rings (SSSR count). The number of ketones is 1. The summed E-state index contributed by atoms with van der Waals surface area (Å²) in [6, 6.07) is 18.0. The number of thiophene rings is 1. The van der Waals surface area contributed by atoms with E-state index in [1.54, 1.807) is 17.7 Å². The first kappa shape index (κ1) is 17.9. The first-order valence-corrected chi connectivity index (χ1v) is 10.5. The molecule has 0 radical (unpaired) electrons. The summed E-state index contributed by atoms with van der Waals surface area (Å²) in [6.45, 7) is 4.13. The van der Waals surface area contributed by atoms with Gasteiger partial charge < -0.3 is 0 Å². The number of hydrogen-bond donors (Lipinski definition) is 0. The molecule has 0 fully saturated rings. The standard InChI is InChI=1S/C22H18N2OS2/c1-14-8-10-16(11-9-14)18(25)12-26-21-20-19(17-6-4-3-5-7-17)15(2)27-22(20)24-13-23-21/h3-11,13H,12H2,1-2H3. The van der Waals surface area contributed by atoms with Crippen molar-refractivity contribution in [1.29, 1.82) is 0 Å². The minimum atomic E-state index is 0.111. The lowest BCUT2D eigenvalue weighted by atomic mass is 10.0. The maximum Gasteiger partial charge on any atom is 0.173 e. The maximum absolute atomic E-state index is 12.6. The molecule has 0 saturated carbocycles. The average Bonchev–Trinajstić information content (AvgIpc) is 3.03. The van der Waals surface area contributed by atoms with Crippen LogP contribution in [0.3, 0.4) is 0 Å². The van der Waals surface area contributed by atoms with Crippen molar-refractivity contribution in [1.82, 2.24) is 9.97 Å². The third kappa shape index (κ3) is 3.66. The highest BCUT2D eigenvalue weighted by Gasteiger charge is 2.18. The molecule has 0 N–H and O–H groups in total. The van der Waals surface area contributed by atoms with E-state index in [9.17, 15) is 4.79 Å². The largest absolute Gasteiger partial charge is 0.293 e. The van der Waals surface area contributed by atoms with Crippen molar-refractivity contribution < 1.29 is 4.79 Å². The molecule has 0 amide bonds. The smallest absolute Gasteiger partial charge is 0.173 e. The number of fused-ring (bicyclic) bond motifs is 1. The number of rotatable bonds is 5. The first-order chi connectivity index (χ1) is 13.1. The fourth-order valence-corrected chi connectivity index (χ4v) is 5.01. The van der Waals surface area contributed by atoms with E-state index in [1.165, 1.54) is 22.2 Å². The molecule has 5 heteroatoms. The number of aromatic nitrogens is 2. The van der Waals surface area contributed by atoms with Crippen LogP contribution in [0.5, 0.6) is 0 Å². The number of nitrogens with zero attached hydrogens (tertiary/aromatic N) is 2. The Morgan fingerprint density at radius 3 is 2.48 bits per heavy atom. The molecule has 3 nitrogen and oxygen atoms in total. The van der Waals surface area contributed by atoms with Crippen LogP contribution in [0, 0.1) is 13.8 Å². The third-order valence-electron chi connectivity index (χ3n) is 4.41. The summed E-state index contributed by atoms with van der Waals surface area (Å²) in [7, 11) is 0. The number of carbonyl (C=O) groups is 1. The fourth-order valence-electron chi connectivity index (χ4n) is 3.04. The van der Waals surface area contributed by atoms with E-state index >= 15 is 0 Å². The Morgan fingerprint density at radius 2 is 1.74 bits per heavy atom. The Labute approximate surface area is 166 Å². The Bertz CT molecular complexity index is 1100. The van der Waals surface area contributed by atoms with Crippen molar-refractivity contribution in [3.05, 3.63) is 76.9 Å². The molecule has 0 aliphatic carbocycles. The van der Waals surface area contributed by atoms with Gasteiger partial charge in [-0.15, -0.1) is 11.3 Å². The van der Waals surface area contributed by atoms with Gasteiger partial charge in [-0.2, -0.15) is 0 Å². The Balaban J connectivity index is 1.68. The van der Waals surface area contributed by atoms with E-state index in [1.807, 2.05) is 49.4 Å². The molecule has 0 spiro atoms. The summed E-state index contributed by atoms with van der Waals surface area (Å²) < 4.78 is 0. The quantitative estimate of drug-likeness (QED) is 0.240. The molecule has 0 atom stereocenters.